The average Bonchev–Trinajstić information content (AvgIpc) is 1.57. The maximum absolute atomic E-state index is 14.6. The molecule has 5 aliphatic heterocycles. The van der Waals surface area contributed by atoms with Gasteiger partial charge in [-0.15, -0.1) is 0 Å². The number of fused-ring (bicyclic) bond motifs is 4. The summed E-state index contributed by atoms with van der Waals surface area (Å²) in [4.78, 5) is 26.4. The summed E-state index contributed by atoms with van der Waals surface area (Å²) in [6.07, 6.45) is -26.9. The van der Waals surface area contributed by atoms with Crippen molar-refractivity contribution in [3.8, 4) is 0 Å². The Morgan fingerprint density at radius 1 is 0.729 bits per heavy atom. The zero-order valence-electron chi connectivity index (χ0n) is 50.2. The summed E-state index contributed by atoms with van der Waals surface area (Å²) in [5, 5.41) is 112. The number of rotatable bonds is 18. The first kappa shape index (κ1) is 69.7. The van der Waals surface area contributed by atoms with E-state index in [0.29, 0.717) is 57.8 Å². The Hall–Kier alpha value is -1.21. The Morgan fingerprint density at radius 2 is 1.32 bits per heavy atom. The van der Waals surface area contributed by atoms with Crippen molar-refractivity contribution in [1.29, 1.82) is 0 Å². The van der Waals surface area contributed by atoms with Crippen LogP contribution in [-0.2, 0) is 76.3 Å². The molecule has 10 N–H and O–H groups in total. The van der Waals surface area contributed by atoms with Gasteiger partial charge in [0.1, 0.15) is 102 Å². The van der Waals surface area contributed by atoms with Crippen LogP contribution in [0.2, 0.25) is 0 Å². The van der Waals surface area contributed by atoms with E-state index >= 15 is 0 Å². The molecular formula is C56H89NaO27S. The molecule has 0 aromatic heterocycles. The van der Waals surface area contributed by atoms with Gasteiger partial charge >= 0.3 is 41.5 Å². The minimum absolute atomic E-state index is 0. The Morgan fingerprint density at radius 3 is 1.92 bits per heavy atom. The molecule has 1 spiro atoms. The van der Waals surface area contributed by atoms with Gasteiger partial charge in [-0.3, -0.25) is 13.8 Å². The van der Waals surface area contributed by atoms with Gasteiger partial charge in [-0.1, -0.05) is 39.3 Å². The number of methoxy groups -OCH3 is 1. The number of carbonyl (C=O) groups excluding carboxylic acids is 2. The maximum Gasteiger partial charge on any atom is 1.00 e. The number of cyclic esters (lactones) is 1. The van der Waals surface area contributed by atoms with Crippen molar-refractivity contribution in [1.82, 2.24) is 0 Å². The van der Waals surface area contributed by atoms with E-state index in [-0.39, 0.29) is 59.2 Å². The number of allylic oxidation sites excluding steroid dienone is 1. The Labute approximate surface area is 517 Å². The molecule has 29 heteroatoms. The number of hydrogen-bond acceptors (Lipinski definition) is 27. The van der Waals surface area contributed by atoms with Crippen molar-refractivity contribution >= 4 is 22.3 Å². The van der Waals surface area contributed by atoms with Crippen molar-refractivity contribution in [2.75, 3.05) is 26.9 Å². The number of ether oxygens (including phenoxy) is 11. The molecule has 85 heavy (non-hydrogen) atoms. The second-order valence-corrected chi connectivity index (χ2v) is 27.8. The van der Waals surface area contributed by atoms with Crippen molar-refractivity contribution in [2.45, 2.75) is 260 Å². The minimum atomic E-state index is -5.44. The summed E-state index contributed by atoms with van der Waals surface area (Å²) >= 11 is 0. The number of hydrogen-bond donors (Lipinski definition) is 10. The molecule has 9 aliphatic rings. The van der Waals surface area contributed by atoms with Crippen LogP contribution in [-0.4, -0.2) is 243 Å². The second-order valence-electron chi connectivity index (χ2n) is 26.8. The molecule has 0 amide bonds. The first-order chi connectivity index (χ1) is 39.1. The third-order valence-electron chi connectivity index (χ3n) is 21.0. The summed E-state index contributed by atoms with van der Waals surface area (Å²) in [7, 11) is -4.26. The zero-order chi connectivity index (χ0) is 61.8. The van der Waals surface area contributed by atoms with Crippen LogP contribution in [0.15, 0.2) is 11.6 Å². The molecule has 4 aliphatic carbocycles. The van der Waals surface area contributed by atoms with Crippen molar-refractivity contribution in [2.24, 2.45) is 39.4 Å². The van der Waals surface area contributed by atoms with Crippen LogP contribution in [0.4, 0.5) is 0 Å². The van der Waals surface area contributed by atoms with Gasteiger partial charge in [-0.25, -0.2) is 8.42 Å². The van der Waals surface area contributed by atoms with E-state index in [4.69, 9.17) is 52.1 Å². The SMILES string of the molecule is CO[C@@H]1[C@@H](O)[C@H](O[C@@H]2[C@@H](O)[C@H](O[C@H]3[C@H](O)[C@@H](O)[C@H](O[C@H]4[C@H](O[C@H]5CC[C@]6(C)C7=C[C@H](O)[C@]89C(=O)O[C@@](C)(CCCC(C)(C)OC(C)=O)[C@H]8CC[C@@]9(C)[C@@H]7CC[C@H]6C5(C)C)OC[C@@H](OS(=O)(=O)[O-])[C@@H]4O)O[C@@H]3C)O[C@H](CO)[C@H]2O)O[C@H](CO)[C@H]1O.[Na+]. The van der Waals surface area contributed by atoms with E-state index in [1.165, 1.54) is 21.0 Å². The van der Waals surface area contributed by atoms with Gasteiger partial charge < -0.3 is 108 Å². The fourth-order valence-electron chi connectivity index (χ4n) is 16.9. The normalized spacial score (nSPS) is 48.8. The van der Waals surface area contributed by atoms with E-state index in [1.807, 2.05) is 40.7 Å². The van der Waals surface area contributed by atoms with Crippen LogP contribution in [0.3, 0.4) is 0 Å². The molecule has 28 atom stereocenters. The van der Waals surface area contributed by atoms with Gasteiger partial charge in [0, 0.05) is 20.0 Å². The largest absolute Gasteiger partial charge is 1.00 e. The van der Waals surface area contributed by atoms with E-state index in [1.54, 1.807) is 0 Å². The summed E-state index contributed by atoms with van der Waals surface area (Å²) < 4.78 is 106. The summed E-state index contributed by atoms with van der Waals surface area (Å²) in [5.74, 6) is -1.18. The first-order valence-electron chi connectivity index (χ1n) is 29.3. The van der Waals surface area contributed by atoms with Crippen LogP contribution in [0.5, 0.6) is 0 Å². The third kappa shape index (κ3) is 12.4. The van der Waals surface area contributed by atoms with Gasteiger partial charge in [0.25, 0.3) is 0 Å². The van der Waals surface area contributed by atoms with Crippen LogP contribution < -0.4 is 29.6 Å². The second kappa shape index (κ2) is 25.7. The summed E-state index contributed by atoms with van der Waals surface area (Å²) in [6.45, 7) is 14.6. The van der Waals surface area contributed by atoms with E-state index < -0.39 is 192 Å². The Bertz CT molecular complexity index is 2510. The number of aliphatic hydroxyl groups excluding tert-OH is 10. The molecule has 0 aromatic rings. The monoisotopic (exact) mass is 1250 g/mol. The standard InChI is InChI=1S/C56H90O27S.Na/c1-24-42(78-48-41(67)44(36(62)29(22-58)76-48)79-47-40(66)43(72-10)35(61)28(21-57)75-47)38(64)39(65)46(74-24)80-45-37(63)30(83-84(69,70)71)23-73-49(45)77-34-15-18-53(7)27-20-33(60)56-32(14-19-54(56,8)26(27)12-13-31(53)52(34,5)6)55(9,82-50(56)68)17-11-16-51(3,4)81-25(2)59;/h20,24,26,28-49,57-58,60-67H,11-19,21-23H2,1-10H3,(H,69,70,71);/q;+1/p-1/t24-,26-,28-,29-,30-,31+,32-,33+,34+,35-,36-,37+,38-,39-,40-,41-,42-,43+,44+,45-,46+,47+,48+,49+,53-,54+,55+,56+;/m1./s1. The number of aliphatic hydroxyl groups is 10. The molecule has 3 saturated carbocycles. The fourth-order valence-corrected chi connectivity index (χ4v) is 17.4. The molecule has 5 heterocycles. The Balaban J connectivity index is 0.00000940. The molecule has 0 bridgehead atoms. The Kier molecular flexibility index (Phi) is 21.1. The van der Waals surface area contributed by atoms with Crippen LogP contribution in [0, 0.1) is 39.4 Å². The molecule has 5 saturated heterocycles. The molecule has 482 valence electrons. The predicted molar refractivity (Wildman–Crippen MR) is 281 cm³/mol. The summed E-state index contributed by atoms with van der Waals surface area (Å²) in [5.41, 5.74) is -3.49. The minimum Gasteiger partial charge on any atom is -0.726 e. The van der Waals surface area contributed by atoms with Gasteiger partial charge in [0.2, 0.25) is 10.4 Å². The van der Waals surface area contributed by atoms with Gasteiger partial charge in [0.15, 0.2) is 25.2 Å². The molecular weight excluding hydrogens is 1160 g/mol. The quantitative estimate of drug-likeness (QED) is 0.0155. The van der Waals surface area contributed by atoms with Gasteiger partial charge in [-0.2, -0.15) is 0 Å². The average molecular weight is 1250 g/mol. The molecule has 0 unspecified atom stereocenters. The number of carbonyl (C=O) groups is 2. The van der Waals surface area contributed by atoms with Gasteiger partial charge in [0.05, 0.1) is 38.1 Å². The van der Waals surface area contributed by atoms with Crippen LogP contribution in [0.25, 0.3) is 0 Å². The number of esters is 2. The van der Waals surface area contributed by atoms with E-state index in [9.17, 15) is 73.6 Å². The molecule has 9 rings (SSSR count). The summed E-state index contributed by atoms with van der Waals surface area (Å²) in [6, 6.07) is 0. The molecule has 0 aromatic carbocycles. The smallest absolute Gasteiger partial charge is 0.726 e. The van der Waals surface area contributed by atoms with Crippen LogP contribution >= 0.6 is 0 Å². The van der Waals surface area contributed by atoms with Crippen LogP contribution in [0.1, 0.15) is 120 Å². The van der Waals surface area contributed by atoms with Crippen molar-refractivity contribution in [3.05, 3.63) is 11.6 Å². The first-order valence-corrected chi connectivity index (χ1v) is 30.7. The third-order valence-corrected chi connectivity index (χ3v) is 21.5. The van der Waals surface area contributed by atoms with E-state index in [0.717, 1.165) is 5.57 Å². The molecule has 27 nitrogen and oxygen atoms in total. The molecule has 0 radical (unpaired) electrons. The van der Waals surface area contributed by atoms with Crippen molar-refractivity contribution in [3.63, 3.8) is 0 Å². The predicted octanol–water partition coefficient (Wildman–Crippen LogP) is -4.16. The fraction of sp³-hybridized carbons (Fsp3) is 0.929. The zero-order valence-corrected chi connectivity index (χ0v) is 53.1. The maximum atomic E-state index is 14.6. The van der Waals surface area contributed by atoms with E-state index in [2.05, 4.69) is 18.0 Å². The topological polar surface area (TPSA) is 404 Å². The van der Waals surface area contributed by atoms with Crippen molar-refractivity contribution < 1.29 is 159 Å². The molecule has 8 fully saturated rings. The van der Waals surface area contributed by atoms with Gasteiger partial charge in [-0.05, 0) is 114 Å².